The summed E-state index contributed by atoms with van der Waals surface area (Å²) in [4.78, 5) is 25.1. The number of anilines is 1. The van der Waals surface area contributed by atoms with Crippen LogP contribution in [-0.2, 0) is 10.0 Å². The van der Waals surface area contributed by atoms with Crippen LogP contribution in [0.5, 0.6) is 5.75 Å². The fourth-order valence-corrected chi connectivity index (χ4v) is 4.11. The lowest BCUT2D eigenvalue weighted by Gasteiger charge is -2.22. The lowest BCUT2D eigenvalue weighted by molar-refractivity contribution is 0.218. The molecule has 4 amide bonds. The summed E-state index contributed by atoms with van der Waals surface area (Å²) in [7, 11) is -4.10. The minimum absolute atomic E-state index is 0.0150. The van der Waals surface area contributed by atoms with Crippen LogP contribution in [-0.4, -0.2) is 37.9 Å². The van der Waals surface area contributed by atoms with E-state index in [0.717, 1.165) is 12.8 Å². The first kappa shape index (κ1) is 23.2. The number of ether oxygens (including phenoxy) is 1. The highest BCUT2D eigenvalue weighted by Gasteiger charge is 2.30. The molecule has 2 rings (SSSR count). The zero-order valence-corrected chi connectivity index (χ0v) is 17.9. The molecule has 0 aromatic heterocycles. The molecule has 0 saturated carbocycles. The highest BCUT2D eigenvalue weighted by atomic mass is 32.2. The van der Waals surface area contributed by atoms with Crippen LogP contribution < -0.4 is 15.4 Å². The minimum atomic E-state index is -4.10. The van der Waals surface area contributed by atoms with Crippen LogP contribution in [0.1, 0.15) is 33.1 Å². The van der Waals surface area contributed by atoms with E-state index >= 15 is 0 Å². The van der Waals surface area contributed by atoms with Gasteiger partial charge in [0.25, 0.3) is 10.0 Å². The van der Waals surface area contributed by atoms with Crippen molar-refractivity contribution in [2.24, 2.45) is 0 Å². The van der Waals surface area contributed by atoms with Crippen molar-refractivity contribution in [3.63, 3.8) is 0 Å². The third-order valence-electron chi connectivity index (χ3n) is 4.18. The number of benzene rings is 2. The molecule has 2 aromatic carbocycles. The van der Waals surface area contributed by atoms with Crippen LogP contribution in [0.4, 0.5) is 15.3 Å². The van der Waals surface area contributed by atoms with E-state index in [0.29, 0.717) is 28.8 Å². The molecule has 0 spiro atoms. The van der Waals surface area contributed by atoms with Gasteiger partial charge in [-0.2, -0.15) is 0 Å². The highest BCUT2D eigenvalue weighted by molar-refractivity contribution is 7.89. The number of hydrogen-bond donors (Lipinski definition) is 2. The summed E-state index contributed by atoms with van der Waals surface area (Å²) in [5.74, 6) is 0.444. The smallest absolute Gasteiger partial charge is 0.339 e. The van der Waals surface area contributed by atoms with Crippen LogP contribution in [0.15, 0.2) is 59.5 Å². The van der Waals surface area contributed by atoms with Gasteiger partial charge in [-0.3, -0.25) is 5.32 Å². The number of nitrogens with one attached hydrogen (secondary N) is 2. The van der Waals surface area contributed by atoms with Crippen LogP contribution in [0.25, 0.3) is 0 Å². The van der Waals surface area contributed by atoms with Gasteiger partial charge in [0, 0.05) is 6.54 Å². The number of hydrogen-bond acceptors (Lipinski definition) is 5. The Kier molecular flexibility index (Phi) is 8.67. The Bertz CT molecular complexity index is 948. The van der Waals surface area contributed by atoms with Gasteiger partial charge in [-0.05, 0) is 37.6 Å². The SMILES string of the molecule is CCCCCN(C(=O)NC(=O)Nc1ccccc1OCC)S(=O)(=O)c1ccccc1. The van der Waals surface area contributed by atoms with Crippen molar-refractivity contribution < 1.29 is 22.7 Å². The Labute approximate surface area is 177 Å². The van der Waals surface area contributed by atoms with Gasteiger partial charge < -0.3 is 10.1 Å². The summed E-state index contributed by atoms with van der Waals surface area (Å²) in [5.41, 5.74) is 0.369. The molecular formula is C21H27N3O5S. The minimum Gasteiger partial charge on any atom is -0.492 e. The van der Waals surface area contributed by atoms with E-state index in [1.807, 2.05) is 13.8 Å². The Morgan fingerprint density at radius 2 is 1.63 bits per heavy atom. The molecule has 0 saturated heterocycles. The second-order valence-corrected chi connectivity index (χ2v) is 8.27. The van der Waals surface area contributed by atoms with E-state index in [2.05, 4.69) is 10.6 Å². The van der Waals surface area contributed by atoms with E-state index in [1.54, 1.807) is 42.5 Å². The van der Waals surface area contributed by atoms with E-state index in [1.165, 1.54) is 12.1 Å². The molecule has 0 atom stereocenters. The fourth-order valence-electron chi connectivity index (χ4n) is 2.72. The van der Waals surface area contributed by atoms with Gasteiger partial charge in [0.2, 0.25) is 0 Å². The molecule has 2 aromatic rings. The second-order valence-electron chi connectivity index (χ2n) is 6.41. The van der Waals surface area contributed by atoms with Gasteiger partial charge in [0.15, 0.2) is 0 Å². The Hall–Kier alpha value is -3.07. The highest BCUT2D eigenvalue weighted by Crippen LogP contribution is 2.23. The number of carbonyl (C=O) groups is 2. The second kappa shape index (κ2) is 11.2. The molecule has 0 aliphatic rings. The molecule has 9 heteroatoms. The number of nitrogens with zero attached hydrogens (tertiary/aromatic N) is 1. The molecule has 0 bridgehead atoms. The number of para-hydroxylation sites is 2. The number of unbranched alkanes of at least 4 members (excludes halogenated alkanes) is 2. The van der Waals surface area contributed by atoms with Gasteiger partial charge >= 0.3 is 12.1 Å². The monoisotopic (exact) mass is 433 g/mol. The predicted octanol–water partition coefficient (Wildman–Crippen LogP) is 4.21. The number of imide groups is 1. The summed E-state index contributed by atoms with van der Waals surface area (Å²) >= 11 is 0. The van der Waals surface area contributed by atoms with Gasteiger partial charge in [-0.1, -0.05) is 50.1 Å². The molecular weight excluding hydrogens is 406 g/mol. The van der Waals surface area contributed by atoms with Gasteiger partial charge in [0.1, 0.15) is 5.75 Å². The first-order valence-corrected chi connectivity index (χ1v) is 11.3. The molecule has 0 heterocycles. The Morgan fingerprint density at radius 3 is 2.30 bits per heavy atom. The average molecular weight is 434 g/mol. The van der Waals surface area contributed by atoms with Crippen LogP contribution in [0, 0.1) is 0 Å². The van der Waals surface area contributed by atoms with Crippen molar-refractivity contribution in [1.82, 2.24) is 9.62 Å². The predicted molar refractivity (Wildman–Crippen MR) is 115 cm³/mol. The molecule has 0 aliphatic carbocycles. The van der Waals surface area contributed by atoms with E-state index < -0.39 is 22.1 Å². The van der Waals surface area contributed by atoms with Crippen LogP contribution in [0.2, 0.25) is 0 Å². The molecule has 0 aliphatic heterocycles. The molecule has 0 fully saturated rings. The third kappa shape index (κ3) is 6.21. The average Bonchev–Trinajstić information content (AvgIpc) is 2.73. The van der Waals surface area contributed by atoms with E-state index in [9.17, 15) is 18.0 Å². The van der Waals surface area contributed by atoms with E-state index in [-0.39, 0.29) is 11.4 Å². The summed E-state index contributed by atoms with van der Waals surface area (Å²) in [6.07, 6.45) is 2.10. The summed E-state index contributed by atoms with van der Waals surface area (Å²) in [6, 6.07) is 12.5. The lowest BCUT2D eigenvalue weighted by Crippen LogP contribution is -2.47. The quantitative estimate of drug-likeness (QED) is 0.577. The maximum atomic E-state index is 13.0. The maximum absolute atomic E-state index is 13.0. The zero-order chi connectivity index (χ0) is 22.0. The summed E-state index contributed by atoms with van der Waals surface area (Å²) in [5, 5.41) is 4.63. The topological polar surface area (TPSA) is 105 Å². The van der Waals surface area contributed by atoms with Crippen molar-refractivity contribution in [2.75, 3.05) is 18.5 Å². The third-order valence-corrected chi connectivity index (χ3v) is 5.97. The molecule has 0 unspecified atom stereocenters. The van der Waals surface area contributed by atoms with Gasteiger partial charge in [-0.15, -0.1) is 0 Å². The van der Waals surface area contributed by atoms with Crippen molar-refractivity contribution in [3.8, 4) is 5.75 Å². The molecule has 162 valence electrons. The van der Waals surface area contributed by atoms with Crippen molar-refractivity contribution in [3.05, 3.63) is 54.6 Å². The molecule has 30 heavy (non-hydrogen) atoms. The number of amides is 4. The van der Waals surface area contributed by atoms with Crippen LogP contribution >= 0.6 is 0 Å². The fraction of sp³-hybridized carbons (Fsp3) is 0.333. The first-order chi connectivity index (χ1) is 14.4. The molecule has 2 N–H and O–H groups in total. The summed E-state index contributed by atoms with van der Waals surface area (Å²) in [6.45, 7) is 4.15. The van der Waals surface area contributed by atoms with E-state index in [4.69, 9.17) is 4.74 Å². The van der Waals surface area contributed by atoms with Crippen molar-refractivity contribution in [2.45, 2.75) is 38.0 Å². The molecule has 8 nitrogen and oxygen atoms in total. The Morgan fingerprint density at radius 1 is 0.967 bits per heavy atom. The zero-order valence-electron chi connectivity index (χ0n) is 17.1. The van der Waals surface area contributed by atoms with Gasteiger partial charge in [-0.25, -0.2) is 22.3 Å². The largest absolute Gasteiger partial charge is 0.492 e. The number of carbonyl (C=O) groups excluding carboxylic acids is 2. The standard InChI is InChI=1S/C21H27N3O5S/c1-3-5-11-16-24(30(27,28)17-12-7-6-8-13-17)21(26)23-20(25)22-18-14-9-10-15-19(18)29-4-2/h6-10,12-15H,3-5,11,16H2,1-2H3,(H2,22,23,25,26). The normalized spacial score (nSPS) is 10.9. The molecule has 0 radical (unpaired) electrons. The maximum Gasteiger partial charge on any atom is 0.339 e. The van der Waals surface area contributed by atoms with Gasteiger partial charge in [0.05, 0.1) is 17.2 Å². The number of sulfonamides is 1. The number of urea groups is 2. The van der Waals surface area contributed by atoms with Crippen LogP contribution in [0.3, 0.4) is 0 Å². The summed E-state index contributed by atoms with van der Waals surface area (Å²) < 4.78 is 32.1. The Balaban J connectivity index is 2.17. The lowest BCUT2D eigenvalue weighted by atomic mass is 10.2. The van der Waals surface area contributed by atoms with Crippen molar-refractivity contribution in [1.29, 1.82) is 0 Å². The first-order valence-electron chi connectivity index (χ1n) is 9.81. The number of rotatable bonds is 9. The van der Waals surface area contributed by atoms with Crippen molar-refractivity contribution >= 4 is 27.8 Å².